The fraction of sp³-hybridized carbons (Fsp3) is 0.939. The van der Waals surface area contributed by atoms with Gasteiger partial charge >= 0.3 is 11.9 Å². The van der Waals surface area contributed by atoms with E-state index in [0.717, 1.165) is 64.2 Å². The van der Waals surface area contributed by atoms with E-state index in [1.54, 1.807) is 0 Å². The van der Waals surface area contributed by atoms with Crippen LogP contribution in [-0.4, -0.2) is 22.2 Å². The number of carboxylic acids is 2. The summed E-state index contributed by atoms with van der Waals surface area (Å²) in [6.45, 7) is 11.1. The average molecular weight is 525 g/mol. The fourth-order valence-corrected chi connectivity index (χ4v) is 6.13. The van der Waals surface area contributed by atoms with Gasteiger partial charge in [-0.3, -0.25) is 9.59 Å². The van der Waals surface area contributed by atoms with E-state index in [2.05, 4.69) is 34.6 Å². The van der Waals surface area contributed by atoms with E-state index in [0.29, 0.717) is 18.3 Å². The van der Waals surface area contributed by atoms with E-state index >= 15 is 0 Å². The molecule has 0 saturated carbocycles. The molecule has 0 aliphatic heterocycles. The molecule has 4 unspecified atom stereocenters. The van der Waals surface area contributed by atoms with Crippen LogP contribution in [0.4, 0.5) is 0 Å². The largest absolute Gasteiger partial charge is 0.481 e. The van der Waals surface area contributed by atoms with Gasteiger partial charge in [-0.15, -0.1) is 0 Å². The number of hydrogen-bond donors (Lipinski definition) is 2. The lowest BCUT2D eigenvalue weighted by molar-refractivity contribution is -0.154. The topological polar surface area (TPSA) is 74.6 Å². The molecule has 0 radical (unpaired) electrons. The number of hydrogen-bond acceptors (Lipinski definition) is 2. The normalized spacial score (nSPS) is 15.7. The standard InChI is InChI=1S/C33H64O4/c1-6-10-22-28(8-3)26-30(33(5,32(36)37)27-29(9-4)23-11-7-2)24-20-18-16-14-12-13-15-17-19-21-25-31(34)35/h28-30H,6-27H2,1-5H3,(H,34,35)(H,36,37). The van der Waals surface area contributed by atoms with Crippen molar-refractivity contribution in [3.63, 3.8) is 0 Å². The lowest BCUT2D eigenvalue weighted by Gasteiger charge is -2.39. The maximum absolute atomic E-state index is 12.8. The Balaban J connectivity index is 4.83. The second-order valence-electron chi connectivity index (χ2n) is 12.2. The summed E-state index contributed by atoms with van der Waals surface area (Å²) in [5.41, 5.74) is -0.616. The molecule has 0 amide bonds. The summed E-state index contributed by atoms with van der Waals surface area (Å²) in [6, 6.07) is 0. The first kappa shape index (κ1) is 35.9. The molecule has 0 fully saturated rings. The van der Waals surface area contributed by atoms with Crippen LogP contribution < -0.4 is 0 Å². The lowest BCUT2D eigenvalue weighted by atomic mass is 9.65. The molecule has 0 aliphatic carbocycles. The summed E-state index contributed by atoms with van der Waals surface area (Å²) in [4.78, 5) is 23.3. The number of carboxylic acid groups (broad SMARTS) is 2. The first-order chi connectivity index (χ1) is 17.7. The zero-order valence-corrected chi connectivity index (χ0v) is 25.5. The molecule has 4 atom stereocenters. The Morgan fingerprint density at radius 3 is 1.51 bits per heavy atom. The van der Waals surface area contributed by atoms with Crippen LogP contribution in [0.5, 0.6) is 0 Å². The molecule has 0 bridgehead atoms. The van der Waals surface area contributed by atoms with E-state index < -0.39 is 17.4 Å². The second-order valence-corrected chi connectivity index (χ2v) is 12.2. The van der Waals surface area contributed by atoms with Gasteiger partial charge in [0.25, 0.3) is 0 Å². The van der Waals surface area contributed by atoms with Gasteiger partial charge in [-0.1, -0.05) is 137 Å². The van der Waals surface area contributed by atoms with Gasteiger partial charge in [0, 0.05) is 6.42 Å². The SMILES string of the molecule is CCCCC(CC)CC(CCCCCCCCCCCCC(=O)O)C(C)(CC(CC)CCCC)C(=O)O. The van der Waals surface area contributed by atoms with Crippen molar-refractivity contribution in [1.82, 2.24) is 0 Å². The van der Waals surface area contributed by atoms with E-state index in [1.165, 1.54) is 70.6 Å². The molecule has 0 heterocycles. The average Bonchev–Trinajstić information content (AvgIpc) is 2.87. The van der Waals surface area contributed by atoms with Gasteiger partial charge in [0.2, 0.25) is 0 Å². The summed E-state index contributed by atoms with van der Waals surface area (Å²) in [5, 5.41) is 19.2. The van der Waals surface area contributed by atoms with Crippen molar-refractivity contribution in [2.75, 3.05) is 0 Å². The lowest BCUT2D eigenvalue weighted by Crippen LogP contribution is -2.39. The van der Waals surface area contributed by atoms with Gasteiger partial charge in [0.1, 0.15) is 0 Å². The molecule has 37 heavy (non-hydrogen) atoms. The molecule has 0 spiro atoms. The zero-order valence-electron chi connectivity index (χ0n) is 25.5. The molecule has 0 rings (SSSR count). The predicted octanol–water partition coefficient (Wildman–Crippen LogP) is 10.7. The van der Waals surface area contributed by atoms with Crippen LogP contribution in [0.2, 0.25) is 0 Å². The molecule has 0 aromatic heterocycles. The van der Waals surface area contributed by atoms with Gasteiger partial charge < -0.3 is 10.2 Å². The van der Waals surface area contributed by atoms with Gasteiger partial charge in [0.15, 0.2) is 0 Å². The third kappa shape index (κ3) is 17.2. The van der Waals surface area contributed by atoms with Crippen LogP contribution in [-0.2, 0) is 9.59 Å². The summed E-state index contributed by atoms with van der Waals surface area (Å²) in [5.74, 6) is 0.187. The molecule has 0 aromatic rings. The van der Waals surface area contributed by atoms with Crippen molar-refractivity contribution in [3.05, 3.63) is 0 Å². The van der Waals surface area contributed by atoms with Crippen LogP contribution >= 0.6 is 0 Å². The Morgan fingerprint density at radius 1 is 0.622 bits per heavy atom. The quantitative estimate of drug-likeness (QED) is 0.105. The highest BCUT2D eigenvalue weighted by molar-refractivity contribution is 5.74. The number of aliphatic carboxylic acids is 2. The van der Waals surface area contributed by atoms with E-state index in [-0.39, 0.29) is 5.92 Å². The van der Waals surface area contributed by atoms with Crippen molar-refractivity contribution in [1.29, 1.82) is 0 Å². The molecule has 0 saturated heterocycles. The van der Waals surface area contributed by atoms with Crippen molar-refractivity contribution in [2.24, 2.45) is 23.2 Å². The van der Waals surface area contributed by atoms with Crippen LogP contribution in [0.3, 0.4) is 0 Å². The molecule has 4 nitrogen and oxygen atoms in total. The Kier molecular flexibility index (Phi) is 22.2. The van der Waals surface area contributed by atoms with Gasteiger partial charge in [0.05, 0.1) is 5.41 Å². The Labute approximate surface area is 230 Å². The minimum absolute atomic E-state index is 0.272. The molecule has 0 aromatic carbocycles. The second kappa shape index (κ2) is 22.9. The first-order valence-electron chi connectivity index (χ1n) is 16.2. The molecule has 220 valence electrons. The molecule has 2 N–H and O–H groups in total. The third-order valence-electron chi connectivity index (χ3n) is 9.00. The van der Waals surface area contributed by atoms with Gasteiger partial charge in [-0.05, 0) is 50.4 Å². The summed E-state index contributed by atoms with van der Waals surface area (Å²) >= 11 is 0. The summed E-state index contributed by atoms with van der Waals surface area (Å²) in [7, 11) is 0. The molecular weight excluding hydrogens is 460 g/mol. The summed E-state index contributed by atoms with van der Waals surface area (Å²) in [6.07, 6.45) is 24.4. The maximum atomic E-state index is 12.8. The Bertz CT molecular complexity index is 561. The van der Waals surface area contributed by atoms with Crippen LogP contribution in [0.25, 0.3) is 0 Å². The number of unbranched alkanes of at least 4 members (excludes halogenated alkanes) is 11. The minimum Gasteiger partial charge on any atom is -0.481 e. The van der Waals surface area contributed by atoms with E-state index in [9.17, 15) is 14.7 Å². The zero-order chi connectivity index (χ0) is 27.9. The molecule has 4 heteroatoms. The number of carbonyl (C=O) groups is 2. The van der Waals surface area contributed by atoms with E-state index in [1.807, 2.05) is 0 Å². The van der Waals surface area contributed by atoms with Crippen LogP contribution in [0.1, 0.15) is 176 Å². The highest BCUT2D eigenvalue weighted by atomic mass is 16.4. The van der Waals surface area contributed by atoms with Crippen molar-refractivity contribution in [2.45, 2.75) is 176 Å². The monoisotopic (exact) mass is 524 g/mol. The van der Waals surface area contributed by atoms with Crippen LogP contribution in [0, 0.1) is 23.2 Å². The van der Waals surface area contributed by atoms with Gasteiger partial charge in [-0.2, -0.15) is 0 Å². The minimum atomic E-state index is -0.682. The van der Waals surface area contributed by atoms with Crippen molar-refractivity contribution < 1.29 is 19.8 Å². The highest BCUT2D eigenvalue weighted by Crippen LogP contribution is 2.44. The maximum Gasteiger partial charge on any atom is 0.309 e. The Morgan fingerprint density at radius 2 is 1.08 bits per heavy atom. The van der Waals surface area contributed by atoms with E-state index in [4.69, 9.17) is 5.11 Å². The van der Waals surface area contributed by atoms with Crippen LogP contribution in [0.15, 0.2) is 0 Å². The van der Waals surface area contributed by atoms with Crippen molar-refractivity contribution >= 4 is 11.9 Å². The predicted molar refractivity (Wildman–Crippen MR) is 158 cm³/mol. The van der Waals surface area contributed by atoms with Gasteiger partial charge in [-0.25, -0.2) is 0 Å². The third-order valence-corrected chi connectivity index (χ3v) is 9.00. The molecular formula is C33H64O4. The molecule has 0 aliphatic rings. The van der Waals surface area contributed by atoms with Crippen molar-refractivity contribution in [3.8, 4) is 0 Å². The highest BCUT2D eigenvalue weighted by Gasteiger charge is 2.42. The fourth-order valence-electron chi connectivity index (χ4n) is 6.13. The Hall–Kier alpha value is -1.06. The smallest absolute Gasteiger partial charge is 0.309 e. The number of rotatable bonds is 27. The first-order valence-corrected chi connectivity index (χ1v) is 16.2. The summed E-state index contributed by atoms with van der Waals surface area (Å²) < 4.78 is 0.